The number of hydrogen-bond donors (Lipinski definition) is 1. The molecule has 4 rings (SSSR count). The van der Waals surface area contributed by atoms with E-state index in [0.717, 1.165) is 22.1 Å². The zero-order valence-corrected chi connectivity index (χ0v) is 18.6. The standard InChI is InChI=1S/C24H25N5OS/c1-17-12-18(2)14-22(13-17)29-11-9-26-24(29)31-15-23(30)27-19(3)20-4-6-21(7-5-20)28-10-8-25-16-28/h4-14,16,19H,15H2,1-3H3,(H,27,30). The number of amides is 1. The van der Waals surface area contributed by atoms with Gasteiger partial charge in [0.2, 0.25) is 5.91 Å². The van der Waals surface area contributed by atoms with Gasteiger partial charge in [-0.25, -0.2) is 9.97 Å². The van der Waals surface area contributed by atoms with E-state index in [1.807, 2.05) is 52.7 Å². The molecule has 2 heterocycles. The smallest absolute Gasteiger partial charge is 0.230 e. The lowest BCUT2D eigenvalue weighted by Gasteiger charge is -2.15. The van der Waals surface area contributed by atoms with E-state index in [1.165, 1.54) is 22.9 Å². The number of imidazole rings is 2. The number of rotatable bonds is 7. The molecule has 31 heavy (non-hydrogen) atoms. The van der Waals surface area contributed by atoms with Crippen LogP contribution in [0.25, 0.3) is 11.4 Å². The summed E-state index contributed by atoms with van der Waals surface area (Å²) in [7, 11) is 0. The Labute approximate surface area is 186 Å². The maximum Gasteiger partial charge on any atom is 0.230 e. The van der Waals surface area contributed by atoms with Crippen LogP contribution >= 0.6 is 11.8 Å². The second-order valence-electron chi connectivity index (χ2n) is 7.57. The third kappa shape index (κ3) is 5.06. The summed E-state index contributed by atoms with van der Waals surface area (Å²) in [4.78, 5) is 21.1. The molecule has 7 heteroatoms. The van der Waals surface area contributed by atoms with Crippen molar-refractivity contribution in [3.05, 3.63) is 90.3 Å². The van der Waals surface area contributed by atoms with Crippen LogP contribution in [0.15, 0.2) is 78.7 Å². The molecule has 0 saturated heterocycles. The lowest BCUT2D eigenvalue weighted by atomic mass is 10.1. The van der Waals surface area contributed by atoms with Crippen LogP contribution in [0.5, 0.6) is 0 Å². The average molecular weight is 432 g/mol. The van der Waals surface area contributed by atoms with Crippen molar-refractivity contribution in [1.82, 2.24) is 24.4 Å². The number of hydrogen-bond acceptors (Lipinski definition) is 4. The summed E-state index contributed by atoms with van der Waals surface area (Å²) < 4.78 is 3.97. The number of nitrogens with one attached hydrogen (secondary N) is 1. The Hall–Kier alpha value is -3.32. The van der Waals surface area contributed by atoms with E-state index in [-0.39, 0.29) is 11.9 Å². The molecule has 0 aliphatic carbocycles. The number of aromatic nitrogens is 4. The summed E-state index contributed by atoms with van der Waals surface area (Å²) in [5, 5.41) is 3.88. The van der Waals surface area contributed by atoms with E-state index in [1.54, 1.807) is 18.7 Å². The van der Waals surface area contributed by atoms with Gasteiger partial charge in [-0.3, -0.25) is 9.36 Å². The molecular weight excluding hydrogens is 406 g/mol. The Morgan fingerprint density at radius 3 is 2.45 bits per heavy atom. The minimum absolute atomic E-state index is 0.0221. The molecule has 1 amide bonds. The number of benzene rings is 2. The van der Waals surface area contributed by atoms with Crippen LogP contribution in [0.2, 0.25) is 0 Å². The second kappa shape index (κ2) is 9.22. The summed E-state index contributed by atoms with van der Waals surface area (Å²) in [5.74, 6) is 0.283. The summed E-state index contributed by atoms with van der Waals surface area (Å²) in [6, 6.07) is 14.4. The van der Waals surface area contributed by atoms with E-state index < -0.39 is 0 Å². The Kier molecular flexibility index (Phi) is 6.23. The lowest BCUT2D eigenvalue weighted by molar-refractivity contribution is -0.119. The van der Waals surface area contributed by atoms with E-state index in [0.29, 0.717) is 5.75 Å². The molecule has 6 nitrogen and oxygen atoms in total. The highest BCUT2D eigenvalue weighted by molar-refractivity contribution is 7.99. The van der Waals surface area contributed by atoms with E-state index in [4.69, 9.17) is 0 Å². The van der Waals surface area contributed by atoms with Crippen molar-refractivity contribution in [2.45, 2.75) is 32.0 Å². The largest absolute Gasteiger partial charge is 0.349 e. The number of carbonyl (C=O) groups excluding carboxylic acids is 1. The van der Waals surface area contributed by atoms with Gasteiger partial charge in [0.05, 0.1) is 18.1 Å². The minimum Gasteiger partial charge on any atom is -0.349 e. The third-order valence-corrected chi connectivity index (χ3v) is 5.96. The molecule has 1 atom stereocenters. The summed E-state index contributed by atoms with van der Waals surface area (Å²) in [6.45, 7) is 6.15. The molecule has 4 aromatic rings. The van der Waals surface area contributed by atoms with Gasteiger partial charge in [0.15, 0.2) is 5.16 Å². The molecule has 158 valence electrons. The maximum absolute atomic E-state index is 12.6. The average Bonchev–Trinajstić information content (AvgIpc) is 3.44. The van der Waals surface area contributed by atoms with Crippen LogP contribution in [0.3, 0.4) is 0 Å². The normalized spacial score (nSPS) is 12.0. The maximum atomic E-state index is 12.6. The van der Waals surface area contributed by atoms with Crippen LogP contribution in [-0.4, -0.2) is 30.8 Å². The highest BCUT2D eigenvalue weighted by Crippen LogP contribution is 2.22. The number of nitrogens with zero attached hydrogens (tertiary/aromatic N) is 4. The van der Waals surface area contributed by atoms with E-state index in [2.05, 4.69) is 47.3 Å². The van der Waals surface area contributed by atoms with Crippen molar-refractivity contribution >= 4 is 17.7 Å². The van der Waals surface area contributed by atoms with Gasteiger partial charge in [-0.05, 0) is 61.7 Å². The molecule has 0 bridgehead atoms. The van der Waals surface area contributed by atoms with Crippen molar-refractivity contribution in [3.8, 4) is 11.4 Å². The number of aryl methyl sites for hydroxylation is 2. The Morgan fingerprint density at radius 1 is 1.03 bits per heavy atom. The predicted octanol–water partition coefficient (Wildman–Crippen LogP) is 4.64. The Morgan fingerprint density at radius 2 is 1.77 bits per heavy atom. The van der Waals surface area contributed by atoms with E-state index in [9.17, 15) is 4.79 Å². The van der Waals surface area contributed by atoms with Crippen LogP contribution in [0, 0.1) is 13.8 Å². The molecule has 0 spiro atoms. The third-order valence-electron chi connectivity index (χ3n) is 5.00. The van der Waals surface area contributed by atoms with Gasteiger partial charge < -0.3 is 9.88 Å². The molecular formula is C24H25N5OS. The molecule has 0 fully saturated rings. The van der Waals surface area contributed by atoms with Crippen molar-refractivity contribution in [1.29, 1.82) is 0 Å². The van der Waals surface area contributed by atoms with Gasteiger partial charge in [-0.2, -0.15) is 0 Å². The number of carbonyl (C=O) groups is 1. The molecule has 2 aromatic heterocycles. The summed E-state index contributed by atoms with van der Waals surface area (Å²) in [6.07, 6.45) is 9.11. The van der Waals surface area contributed by atoms with Gasteiger partial charge in [0, 0.05) is 36.2 Å². The zero-order valence-electron chi connectivity index (χ0n) is 17.8. The SMILES string of the molecule is Cc1cc(C)cc(-n2ccnc2SCC(=O)NC(C)c2ccc(-n3ccnc3)cc2)c1. The summed E-state index contributed by atoms with van der Waals surface area (Å²) >= 11 is 1.44. The van der Waals surface area contributed by atoms with Crippen molar-refractivity contribution in [2.24, 2.45) is 0 Å². The first-order valence-corrected chi connectivity index (χ1v) is 11.1. The highest BCUT2D eigenvalue weighted by Gasteiger charge is 2.13. The fourth-order valence-corrected chi connectivity index (χ4v) is 4.31. The first-order chi connectivity index (χ1) is 15.0. The fraction of sp³-hybridized carbons (Fsp3) is 0.208. The lowest BCUT2D eigenvalue weighted by Crippen LogP contribution is -2.28. The molecule has 0 saturated carbocycles. The highest BCUT2D eigenvalue weighted by atomic mass is 32.2. The van der Waals surface area contributed by atoms with Crippen LogP contribution < -0.4 is 5.32 Å². The van der Waals surface area contributed by atoms with Crippen molar-refractivity contribution < 1.29 is 4.79 Å². The van der Waals surface area contributed by atoms with Crippen molar-refractivity contribution in [2.75, 3.05) is 5.75 Å². The molecule has 1 unspecified atom stereocenters. The van der Waals surface area contributed by atoms with Gasteiger partial charge in [-0.15, -0.1) is 0 Å². The molecule has 1 N–H and O–H groups in total. The fourth-order valence-electron chi connectivity index (χ4n) is 3.53. The first-order valence-electron chi connectivity index (χ1n) is 10.1. The van der Waals surface area contributed by atoms with Crippen LogP contribution in [-0.2, 0) is 4.79 Å². The predicted molar refractivity (Wildman–Crippen MR) is 124 cm³/mol. The minimum atomic E-state index is -0.0795. The van der Waals surface area contributed by atoms with Crippen molar-refractivity contribution in [3.63, 3.8) is 0 Å². The van der Waals surface area contributed by atoms with Gasteiger partial charge in [-0.1, -0.05) is 30.0 Å². The van der Waals surface area contributed by atoms with Gasteiger partial charge in [0.25, 0.3) is 0 Å². The monoisotopic (exact) mass is 431 g/mol. The Bertz CT molecular complexity index is 1140. The topological polar surface area (TPSA) is 64.7 Å². The first kappa shape index (κ1) is 20.9. The Balaban J connectivity index is 1.36. The van der Waals surface area contributed by atoms with Crippen LogP contribution in [0.1, 0.15) is 29.7 Å². The van der Waals surface area contributed by atoms with Gasteiger partial charge in [0.1, 0.15) is 0 Å². The number of thioether (sulfide) groups is 1. The molecule has 0 aliphatic rings. The zero-order chi connectivity index (χ0) is 21.8. The van der Waals surface area contributed by atoms with Crippen LogP contribution in [0.4, 0.5) is 0 Å². The molecule has 2 aromatic carbocycles. The second-order valence-corrected chi connectivity index (χ2v) is 8.51. The van der Waals surface area contributed by atoms with Gasteiger partial charge >= 0.3 is 0 Å². The quantitative estimate of drug-likeness (QED) is 0.433. The molecule has 0 aliphatic heterocycles. The summed E-state index contributed by atoms with van der Waals surface area (Å²) in [5.41, 5.74) is 5.55. The van der Waals surface area contributed by atoms with E-state index >= 15 is 0 Å². The molecule has 0 radical (unpaired) electrons.